The molecule has 47 heavy (non-hydrogen) atoms. The standard InChI is InChI=1S/C46H28O/c1-2-14-31-28-43-41(27-30(31)13-1)46-40(24-11-25-42(46)47-43)45-38-21-7-5-19-36(38)44(37-20-6-8-22-39(37)45)33-17-9-16-32(26-33)35-23-10-15-29-12-3-4-18-34(29)35/h1-28H/i1D,2D,9D,11D,13D,14D,16D,17D,24D,25D,26D,27D,28D. The van der Waals surface area contributed by atoms with Gasteiger partial charge in [-0.15, -0.1) is 0 Å². The average Bonchev–Trinajstić information content (AvgIpc) is 3.66. The third-order valence-corrected chi connectivity index (χ3v) is 8.81. The van der Waals surface area contributed by atoms with Crippen LogP contribution in [0.15, 0.2) is 174 Å². The molecule has 0 aliphatic heterocycles. The summed E-state index contributed by atoms with van der Waals surface area (Å²) in [6.07, 6.45) is 0. The Labute approximate surface area is 290 Å². The highest BCUT2D eigenvalue weighted by molar-refractivity contribution is 6.26. The van der Waals surface area contributed by atoms with Crippen molar-refractivity contribution in [2.75, 3.05) is 0 Å². The van der Waals surface area contributed by atoms with Crippen LogP contribution in [-0.2, 0) is 0 Å². The second-order valence-electron chi connectivity index (χ2n) is 11.4. The monoisotopic (exact) mass is 609 g/mol. The summed E-state index contributed by atoms with van der Waals surface area (Å²) >= 11 is 0. The van der Waals surface area contributed by atoms with Crippen LogP contribution >= 0.6 is 0 Å². The Hall–Kier alpha value is -6.18. The molecule has 1 heterocycles. The van der Waals surface area contributed by atoms with Gasteiger partial charge in [0.05, 0.1) is 17.8 Å². The molecule has 1 nitrogen and oxygen atoms in total. The predicted molar refractivity (Wildman–Crippen MR) is 200 cm³/mol. The van der Waals surface area contributed by atoms with Gasteiger partial charge in [-0.1, -0.05) is 145 Å². The van der Waals surface area contributed by atoms with Crippen molar-refractivity contribution in [3.63, 3.8) is 0 Å². The summed E-state index contributed by atoms with van der Waals surface area (Å²) in [5.41, 5.74) is 1.40. The van der Waals surface area contributed by atoms with Gasteiger partial charge >= 0.3 is 0 Å². The zero-order valence-electron chi connectivity index (χ0n) is 37.6. The molecule has 10 aromatic rings. The minimum atomic E-state index is -0.587. The van der Waals surface area contributed by atoms with Crippen LogP contribution < -0.4 is 0 Å². The lowest BCUT2D eigenvalue weighted by molar-refractivity contribution is 0.669. The molecule has 0 bridgehead atoms. The molecular weight excluding hydrogens is 569 g/mol. The first-order chi connectivity index (χ1) is 28.8. The summed E-state index contributed by atoms with van der Waals surface area (Å²) in [6, 6.07) is 22.0. The lowest BCUT2D eigenvalue weighted by Crippen LogP contribution is -1.91. The van der Waals surface area contributed by atoms with Gasteiger partial charge in [-0.3, -0.25) is 0 Å². The predicted octanol–water partition coefficient (Wildman–Crippen LogP) is 13.2. The van der Waals surface area contributed by atoms with E-state index >= 15 is 0 Å². The lowest BCUT2D eigenvalue weighted by atomic mass is 9.84. The van der Waals surface area contributed by atoms with Gasteiger partial charge in [0.15, 0.2) is 0 Å². The second-order valence-corrected chi connectivity index (χ2v) is 11.4. The highest BCUT2D eigenvalue weighted by Crippen LogP contribution is 2.47. The molecule has 1 heteroatoms. The third-order valence-electron chi connectivity index (χ3n) is 8.81. The summed E-state index contributed by atoms with van der Waals surface area (Å²) in [6.45, 7) is 0. The summed E-state index contributed by atoms with van der Waals surface area (Å²) in [4.78, 5) is 0. The Morgan fingerprint density at radius 1 is 0.383 bits per heavy atom. The lowest BCUT2D eigenvalue weighted by Gasteiger charge is -2.19. The molecule has 0 atom stereocenters. The van der Waals surface area contributed by atoms with Crippen molar-refractivity contribution >= 4 is 65.0 Å². The van der Waals surface area contributed by atoms with E-state index in [1.165, 1.54) is 0 Å². The quantitative estimate of drug-likeness (QED) is 0.182. The van der Waals surface area contributed by atoms with Crippen LogP contribution in [0.25, 0.3) is 98.4 Å². The normalized spacial score (nSPS) is 15.7. The van der Waals surface area contributed by atoms with Crippen molar-refractivity contribution < 1.29 is 22.2 Å². The molecular formula is C46H28O. The van der Waals surface area contributed by atoms with Crippen molar-refractivity contribution in [1.29, 1.82) is 0 Å². The number of furan rings is 1. The van der Waals surface area contributed by atoms with E-state index in [0.29, 0.717) is 38.2 Å². The average molecular weight is 610 g/mol. The SMILES string of the molecule is [2H]c1c([2H])c(-c2cccc3ccccc23)c([2H])c(-c2c3ccccc3c(-c3c([2H])c([2H])c([2H])c4oc5c([2H])c6c([2H])c([2H])c([2H])c([2H])c6c([2H])c5c34)c3ccccc23)c1[2H]. The van der Waals surface area contributed by atoms with Gasteiger partial charge in [-0.05, 0) is 101 Å². The smallest absolute Gasteiger partial charge is 0.136 e. The minimum absolute atomic E-state index is 0.0479. The van der Waals surface area contributed by atoms with Crippen molar-refractivity contribution in [2.24, 2.45) is 0 Å². The van der Waals surface area contributed by atoms with Crippen molar-refractivity contribution in [3.8, 4) is 33.4 Å². The molecule has 0 amide bonds. The molecule has 0 saturated heterocycles. The Morgan fingerprint density at radius 2 is 1.00 bits per heavy atom. The Morgan fingerprint density at radius 3 is 1.77 bits per heavy atom. The van der Waals surface area contributed by atoms with E-state index in [9.17, 15) is 5.48 Å². The number of hydrogen-bond acceptors (Lipinski definition) is 1. The van der Waals surface area contributed by atoms with Crippen LogP contribution in [0.2, 0.25) is 0 Å². The maximum Gasteiger partial charge on any atom is 0.136 e. The van der Waals surface area contributed by atoms with Gasteiger partial charge in [0.25, 0.3) is 0 Å². The first-order valence-corrected chi connectivity index (χ1v) is 15.1. The van der Waals surface area contributed by atoms with Crippen molar-refractivity contribution in [3.05, 3.63) is 170 Å². The van der Waals surface area contributed by atoms with Crippen molar-refractivity contribution in [1.82, 2.24) is 0 Å². The number of hydrogen-bond donors (Lipinski definition) is 0. The molecule has 0 unspecified atom stereocenters. The van der Waals surface area contributed by atoms with E-state index in [0.717, 1.165) is 10.8 Å². The maximum absolute atomic E-state index is 9.77. The number of benzene rings is 9. The van der Waals surface area contributed by atoms with E-state index in [1.807, 2.05) is 42.5 Å². The molecule has 0 fully saturated rings. The summed E-state index contributed by atoms with van der Waals surface area (Å²) in [7, 11) is 0. The van der Waals surface area contributed by atoms with Gasteiger partial charge in [0.2, 0.25) is 0 Å². The van der Waals surface area contributed by atoms with Gasteiger partial charge in [0.1, 0.15) is 11.2 Å². The topological polar surface area (TPSA) is 13.1 Å². The second kappa shape index (κ2) is 10.2. The summed E-state index contributed by atoms with van der Waals surface area (Å²) in [5.74, 6) is 0. The molecule has 1 aromatic heterocycles. The minimum Gasteiger partial charge on any atom is -0.456 e. The molecule has 0 spiro atoms. The van der Waals surface area contributed by atoms with Crippen LogP contribution in [0.1, 0.15) is 17.8 Å². The van der Waals surface area contributed by atoms with E-state index < -0.39 is 42.3 Å². The van der Waals surface area contributed by atoms with Crippen LogP contribution in [-0.4, -0.2) is 0 Å². The molecule has 9 aromatic carbocycles. The molecule has 0 saturated carbocycles. The van der Waals surface area contributed by atoms with Crippen LogP contribution in [0.4, 0.5) is 0 Å². The van der Waals surface area contributed by atoms with Gasteiger partial charge in [-0.25, -0.2) is 0 Å². The fraction of sp³-hybridized carbons (Fsp3) is 0. The van der Waals surface area contributed by atoms with E-state index in [4.69, 9.17) is 16.8 Å². The van der Waals surface area contributed by atoms with Crippen LogP contribution in [0.5, 0.6) is 0 Å². The molecule has 218 valence electrons. The summed E-state index contributed by atoms with van der Waals surface area (Å²) < 4.78 is 123. The third kappa shape index (κ3) is 3.97. The molecule has 0 radical (unpaired) electrons. The van der Waals surface area contributed by atoms with E-state index in [2.05, 4.69) is 0 Å². The zero-order chi connectivity index (χ0) is 42.2. The summed E-state index contributed by atoms with van der Waals surface area (Å²) in [5, 5.41) is 3.26. The first kappa shape index (κ1) is 16.4. The molecule has 10 rings (SSSR count). The van der Waals surface area contributed by atoms with E-state index in [1.54, 1.807) is 48.5 Å². The van der Waals surface area contributed by atoms with E-state index in [-0.39, 0.29) is 85.7 Å². The fourth-order valence-corrected chi connectivity index (χ4v) is 6.82. The highest BCUT2D eigenvalue weighted by atomic mass is 16.3. The number of fused-ring (bicyclic) bond motifs is 7. The van der Waals surface area contributed by atoms with Gasteiger partial charge in [-0.2, -0.15) is 0 Å². The Bertz CT molecular complexity index is 3530. The number of rotatable bonds is 3. The highest BCUT2D eigenvalue weighted by Gasteiger charge is 2.20. The zero-order valence-corrected chi connectivity index (χ0v) is 24.6. The fourth-order valence-electron chi connectivity index (χ4n) is 6.82. The van der Waals surface area contributed by atoms with Gasteiger partial charge in [0, 0.05) is 10.8 Å². The molecule has 0 aliphatic rings. The van der Waals surface area contributed by atoms with Crippen molar-refractivity contribution in [2.45, 2.75) is 0 Å². The first-order valence-electron chi connectivity index (χ1n) is 21.6. The molecule has 0 aliphatic carbocycles. The molecule has 0 N–H and O–H groups in total. The Balaban J connectivity index is 1.40. The largest absolute Gasteiger partial charge is 0.456 e. The van der Waals surface area contributed by atoms with Crippen LogP contribution in [0, 0.1) is 0 Å². The maximum atomic E-state index is 9.77. The Kier molecular flexibility index (Phi) is 3.55. The van der Waals surface area contributed by atoms with Gasteiger partial charge < -0.3 is 4.42 Å². The van der Waals surface area contributed by atoms with Crippen LogP contribution in [0.3, 0.4) is 0 Å².